The van der Waals surface area contributed by atoms with E-state index in [2.05, 4.69) is 9.97 Å². The Bertz CT molecular complexity index is 639. The lowest BCUT2D eigenvalue weighted by Crippen LogP contribution is -2.00. The van der Waals surface area contributed by atoms with Crippen molar-refractivity contribution in [2.24, 2.45) is 0 Å². The maximum absolute atomic E-state index is 8.92. The van der Waals surface area contributed by atoms with Gasteiger partial charge in [0.2, 0.25) is 5.88 Å². The van der Waals surface area contributed by atoms with Crippen LogP contribution >= 0.6 is 11.6 Å². The largest absolute Gasteiger partial charge is 0.439 e. The summed E-state index contributed by atoms with van der Waals surface area (Å²) in [5, 5.41) is 9.37. The first kappa shape index (κ1) is 14.3. The zero-order chi connectivity index (χ0) is 14.8. The van der Waals surface area contributed by atoms with Crippen molar-refractivity contribution in [1.82, 2.24) is 9.97 Å². The molecule has 4 nitrogen and oxygen atoms in total. The van der Waals surface area contributed by atoms with Crippen molar-refractivity contribution < 1.29 is 9.84 Å². The molecule has 5 heteroatoms. The van der Waals surface area contributed by atoms with E-state index in [0.717, 1.165) is 29.8 Å². The number of aliphatic hydroxyl groups excluding tert-OH is 1. The molecule has 0 radical (unpaired) electrons. The minimum absolute atomic E-state index is 0.144. The first-order valence-electron chi connectivity index (χ1n) is 7.09. The Morgan fingerprint density at radius 1 is 1.24 bits per heavy atom. The molecule has 0 spiro atoms. The molecule has 3 rings (SSSR count). The molecule has 1 aliphatic rings. The second-order valence-electron chi connectivity index (χ2n) is 5.30. The summed E-state index contributed by atoms with van der Waals surface area (Å²) >= 11 is 6.16. The Hall–Kier alpha value is -1.65. The van der Waals surface area contributed by atoms with Gasteiger partial charge in [-0.3, -0.25) is 0 Å². The average Bonchev–Trinajstić information content (AvgIpc) is 3.30. The van der Waals surface area contributed by atoms with Crippen LogP contribution < -0.4 is 4.74 Å². The van der Waals surface area contributed by atoms with Gasteiger partial charge in [0.05, 0.1) is 0 Å². The normalized spacial score (nSPS) is 14.2. The van der Waals surface area contributed by atoms with E-state index < -0.39 is 0 Å². The first-order chi connectivity index (χ1) is 10.2. The fraction of sp³-hybridized carbons (Fsp3) is 0.375. The van der Waals surface area contributed by atoms with Crippen LogP contribution in [-0.4, -0.2) is 21.7 Å². The molecule has 1 aliphatic carbocycles. The molecule has 1 aromatic heterocycles. The summed E-state index contributed by atoms with van der Waals surface area (Å²) in [6.45, 7) is 2.00. The maximum atomic E-state index is 8.92. The molecule has 0 atom stereocenters. The fourth-order valence-electron chi connectivity index (χ4n) is 2.07. The topological polar surface area (TPSA) is 55.2 Å². The van der Waals surface area contributed by atoms with Gasteiger partial charge in [0.1, 0.15) is 16.7 Å². The first-order valence-corrected chi connectivity index (χ1v) is 7.47. The van der Waals surface area contributed by atoms with Crippen LogP contribution in [0.25, 0.3) is 0 Å². The van der Waals surface area contributed by atoms with Gasteiger partial charge < -0.3 is 9.84 Å². The smallest absolute Gasteiger partial charge is 0.226 e. The Kier molecular flexibility index (Phi) is 4.08. The molecular weight excluding hydrogens is 288 g/mol. The van der Waals surface area contributed by atoms with Crippen LogP contribution in [0.3, 0.4) is 0 Å². The van der Waals surface area contributed by atoms with Crippen LogP contribution in [0.2, 0.25) is 5.15 Å². The third kappa shape index (κ3) is 3.34. The highest BCUT2D eigenvalue weighted by Crippen LogP contribution is 2.40. The van der Waals surface area contributed by atoms with E-state index >= 15 is 0 Å². The van der Waals surface area contributed by atoms with Crippen molar-refractivity contribution in [1.29, 1.82) is 0 Å². The molecule has 2 aromatic rings. The summed E-state index contributed by atoms with van der Waals surface area (Å²) < 4.78 is 5.84. The maximum Gasteiger partial charge on any atom is 0.226 e. The highest BCUT2D eigenvalue weighted by Gasteiger charge is 2.28. The average molecular weight is 305 g/mol. The number of benzene rings is 1. The van der Waals surface area contributed by atoms with Crippen LogP contribution in [0.5, 0.6) is 11.6 Å². The predicted octanol–water partition coefficient (Wildman–Crippen LogP) is 3.64. The number of aromatic nitrogens is 2. The molecule has 0 bridgehead atoms. The van der Waals surface area contributed by atoms with Gasteiger partial charge in [0.25, 0.3) is 0 Å². The molecule has 1 fully saturated rings. The van der Waals surface area contributed by atoms with Gasteiger partial charge in [-0.05, 0) is 43.9 Å². The summed E-state index contributed by atoms with van der Waals surface area (Å²) in [5.41, 5.74) is 1.82. The number of nitrogens with zero attached hydrogens (tertiary/aromatic N) is 2. The number of rotatable bonds is 5. The molecule has 0 saturated heterocycles. The van der Waals surface area contributed by atoms with Gasteiger partial charge in [-0.25, -0.2) is 4.98 Å². The summed E-state index contributed by atoms with van der Waals surface area (Å²) in [5.74, 6) is 2.43. The van der Waals surface area contributed by atoms with Crippen molar-refractivity contribution in [2.75, 3.05) is 6.61 Å². The highest BCUT2D eigenvalue weighted by molar-refractivity contribution is 6.30. The molecule has 110 valence electrons. The monoisotopic (exact) mass is 304 g/mol. The lowest BCUT2D eigenvalue weighted by atomic mass is 10.1. The second kappa shape index (κ2) is 6.00. The molecule has 1 saturated carbocycles. The number of hydrogen-bond acceptors (Lipinski definition) is 4. The molecule has 21 heavy (non-hydrogen) atoms. The van der Waals surface area contributed by atoms with E-state index in [1.807, 2.05) is 31.2 Å². The van der Waals surface area contributed by atoms with Gasteiger partial charge in [0, 0.05) is 18.1 Å². The molecule has 0 amide bonds. The van der Waals surface area contributed by atoms with E-state index in [1.165, 1.54) is 0 Å². The van der Waals surface area contributed by atoms with Gasteiger partial charge in [-0.1, -0.05) is 23.7 Å². The van der Waals surface area contributed by atoms with Gasteiger partial charge in [-0.2, -0.15) is 4.98 Å². The van der Waals surface area contributed by atoms with Crippen LogP contribution in [0.1, 0.15) is 35.7 Å². The predicted molar refractivity (Wildman–Crippen MR) is 81.1 cm³/mol. The zero-order valence-corrected chi connectivity index (χ0v) is 12.6. The summed E-state index contributed by atoms with van der Waals surface area (Å²) in [7, 11) is 0. The quantitative estimate of drug-likeness (QED) is 0.857. The SMILES string of the molecule is Cc1c(Cl)nc(C2CC2)nc1Oc1ccc(CCO)cc1. The van der Waals surface area contributed by atoms with E-state index in [9.17, 15) is 0 Å². The molecule has 1 N–H and O–H groups in total. The standard InChI is InChI=1S/C16H17ClN2O2/c1-10-14(17)18-15(12-4-5-12)19-16(10)21-13-6-2-11(3-7-13)8-9-20/h2-3,6-7,12,20H,4-5,8-9H2,1H3. The summed E-state index contributed by atoms with van der Waals surface area (Å²) in [4.78, 5) is 8.81. The molecule has 0 unspecified atom stereocenters. The van der Waals surface area contributed by atoms with Crippen LogP contribution in [0, 0.1) is 6.92 Å². The van der Waals surface area contributed by atoms with E-state index in [-0.39, 0.29) is 6.61 Å². The molecule has 0 aliphatic heterocycles. The lowest BCUT2D eigenvalue weighted by Gasteiger charge is -2.10. The number of hydrogen-bond donors (Lipinski definition) is 1. The number of halogens is 1. The highest BCUT2D eigenvalue weighted by atomic mass is 35.5. The summed E-state index contributed by atoms with van der Waals surface area (Å²) in [6, 6.07) is 7.62. The van der Waals surface area contributed by atoms with Gasteiger partial charge >= 0.3 is 0 Å². The van der Waals surface area contributed by atoms with Gasteiger partial charge in [-0.15, -0.1) is 0 Å². The number of aliphatic hydroxyl groups is 1. The van der Waals surface area contributed by atoms with Crippen molar-refractivity contribution in [3.05, 3.63) is 46.4 Å². The summed E-state index contributed by atoms with van der Waals surface area (Å²) in [6.07, 6.45) is 2.88. The van der Waals surface area contributed by atoms with Crippen LogP contribution in [0.15, 0.2) is 24.3 Å². The minimum Gasteiger partial charge on any atom is -0.439 e. The van der Waals surface area contributed by atoms with Gasteiger partial charge in [0.15, 0.2) is 0 Å². The molecule has 1 heterocycles. The van der Waals surface area contributed by atoms with Crippen molar-refractivity contribution in [3.63, 3.8) is 0 Å². The van der Waals surface area contributed by atoms with E-state index in [0.29, 0.717) is 29.1 Å². The third-order valence-electron chi connectivity index (χ3n) is 3.54. The third-order valence-corrected chi connectivity index (χ3v) is 3.91. The second-order valence-corrected chi connectivity index (χ2v) is 5.65. The van der Waals surface area contributed by atoms with Crippen molar-refractivity contribution >= 4 is 11.6 Å². The Morgan fingerprint density at radius 2 is 1.95 bits per heavy atom. The van der Waals surface area contributed by atoms with Crippen molar-refractivity contribution in [2.45, 2.75) is 32.1 Å². The molecule has 1 aromatic carbocycles. The van der Waals surface area contributed by atoms with E-state index in [1.54, 1.807) is 0 Å². The molecular formula is C16H17ClN2O2. The van der Waals surface area contributed by atoms with Crippen LogP contribution in [-0.2, 0) is 6.42 Å². The zero-order valence-electron chi connectivity index (χ0n) is 11.8. The fourth-order valence-corrected chi connectivity index (χ4v) is 2.24. The number of ether oxygens (including phenoxy) is 1. The van der Waals surface area contributed by atoms with E-state index in [4.69, 9.17) is 21.4 Å². The minimum atomic E-state index is 0.144. The Morgan fingerprint density at radius 3 is 2.57 bits per heavy atom. The Balaban J connectivity index is 1.83. The Labute approximate surface area is 128 Å². The lowest BCUT2D eigenvalue weighted by molar-refractivity contribution is 0.299. The van der Waals surface area contributed by atoms with Crippen LogP contribution in [0.4, 0.5) is 0 Å². The van der Waals surface area contributed by atoms with Crippen molar-refractivity contribution in [3.8, 4) is 11.6 Å².